The van der Waals surface area contributed by atoms with Crippen LogP contribution in [0, 0.1) is 0 Å². The summed E-state index contributed by atoms with van der Waals surface area (Å²) in [4.78, 5) is 7.11. The Kier molecular flexibility index (Phi) is 4.53. The molecule has 0 spiro atoms. The summed E-state index contributed by atoms with van der Waals surface area (Å²) in [5.41, 5.74) is 2.07. The van der Waals surface area contributed by atoms with Crippen LogP contribution in [0.3, 0.4) is 0 Å². The molecule has 3 rings (SSSR count). The molecule has 0 unspecified atom stereocenters. The lowest BCUT2D eigenvalue weighted by Gasteiger charge is -2.25. The zero-order valence-electron chi connectivity index (χ0n) is 11.5. The van der Waals surface area contributed by atoms with E-state index in [1.165, 1.54) is 32.4 Å². The molecule has 1 aliphatic heterocycles. The fraction of sp³-hybridized carbons (Fsp3) is 0.438. The van der Waals surface area contributed by atoms with Crippen molar-refractivity contribution < 1.29 is 4.42 Å². The molecule has 1 saturated heterocycles. The minimum absolute atomic E-state index is 0.714. The maximum atomic E-state index is 5.59. The van der Waals surface area contributed by atoms with Crippen molar-refractivity contribution in [3.63, 3.8) is 0 Å². The summed E-state index contributed by atoms with van der Waals surface area (Å²) in [6.45, 7) is 3.56. The molecular weight excluding hydrogens is 316 g/mol. The first-order chi connectivity index (χ1) is 9.81. The van der Waals surface area contributed by atoms with Gasteiger partial charge in [-0.1, -0.05) is 22.4 Å². The Balaban J connectivity index is 1.60. The van der Waals surface area contributed by atoms with Gasteiger partial charge in [0.05, 0.1) is 5.69 Å². The summed E-state index contributed by atoms with van der Waals surface area (Å²) in [5, 5.41) is 0. The zero-order valence-corrected chi connectivity index (χ0v) is 13.1. The van der Waals surface area contributed by atoms with Gasteiger partial charge >= 0.3 is 0 Å². The first kappa shape index (κ1) is 13.8. The number of rotatable bonds is 4. The van der Waals surface area contributed by atoms with Crippen LogP contribution in [0.4, 0.5) is 0 Å². The van der Waals surface area contributed by atoms with Gasteiger partial charge in [0, 0.05) is 23.0 Å². The minimum atomic E-state index is 0.714. The van der Waals surface area contributed by atoms with E-state index in [4.69, 9.17) is 4.42 Å². The third-order valence-electron chi connectivity index (χ3n) is 3.78. The van der Waals surface area contributed by atoms with E-state index in [1.54, 1.807) is 6.26 Å². The van der Waals surface area contributed by atoms with Crippen LogP contribution in [0.5, 0.6) is 0 Å². The van der Waals surface area contributed by atoms with Gasteiger partial charge < -0.3 is 9.32 Å². The van der Waals surface area contributed by atoms with Gasteiger partial charge in [-0.25, -0.2) is 4.98 Å². The number of likely N-dealkylation sites (tertiary alicyclic amines) is 1. The second kappa shape index (κ2) is 6.55. The number of benzene rings is 1. The smallest absolute Gasteiger partial charge is 0.226 e. The summed E-state index contributed by atoms with van der Waals surface area (Å²) in [5.74, 6) is 0.714. The number of halogens is 1. The molecule has 1 aromatic heterocycles. The maximum absolute atomic E-state index is 5.59. The summed E-state index contributed by atoms with van der Waals surface area (Å²) in [7, 11) is 0. The molecule has 0 N–H and O–H groups in total. The normalized spacial score (nSPS) is 16.4. The van der Waals surface area contributed by atoms with Gasteiger partial charge in [0.1, 0.15) is 6.26 Å². The van der Waals surface area contributed by atoms with E-state index in [1.807, 2.05) is 24.3 Å². The van der Waals surface area contributed by atoms with Crippen LogP contribution in [-0.4, -0.2) is 29.5 Å². The van der Waals surface area contributed by atoms with E-state index < -0.39 is 0 Å². The number of aromatic nitrogens is 1. The Bertz CT molecular complexity index is 544. The van der Waals surface area contributed by atoms with Crippen molar-refractivity contribution in [2.24, 2.45) is 0 Å². The molecule has 0 saturated carbocycles. The van der Waals surface area contributed by atoms with E-state index in [9.17, 15) is 0 Å². The van der Waals surface area contributed by atoms with E-state index in [2.05, 4.69) is 25.8 Å². The molecule has 3 nitrogen and oxygen atoms in total. The van der Waals surface area contributed by atoms with Crippen LogP contribution in [-0.2, 0) is 6.42 Å². The molecule has 1 fully saturated rings. The van der Waals surface area contributed by atoms with Crippen LogP contribution in [0.15, 0.2) is 39.4 Å². The minimum Gasteiger partial charge on any atom is -0.444 e. The lowest BCUT2D eigenvalue weighted by molar-refractivity contribution is 0.231. The second-order valence-electron chi connectivity index (χ2n) is 5.30. The molecule has 2 heterocycles. The molecule has 0 amide bonds. The van der Waals surface area contributed by atoms with Gasteiger partial charge in [-0.2, -0.15) is 0 Å². The molecule has 1 aromatic carbocycles. The number of piperidine rings is 1. The predicted octanol–water partition coefficient (Wildman–Crippen LogP) is 4.13. The van der Waals surface area contributed by atoms with Crippen LogP contribution in [0.1, 0.15) is 25.0 Å². The monoisotopic (exact) mass is 334 g/mol. The largest absolute Gasteiger partial charge is 0.444 e. The Morgan fingerprint density at radius 2 is 1.85 bits per heavy atom. The highest BCUT2D eigenvalue weighted by atomic mass is 79.9. The number of hydrogen-bond donors (Lipinski definition) is 0. The van der Waals surface area contributed by atoms with E-state index in [0.717, 1.165) is 28.7 Å². The zero-order chi connectivity index (χ0) is 13.8. The van der Waals surface area contributed by atoms with Crippen molar-refractivity contribution >= 4 is 15.9 Å². The molecule has 0 aliphatic carbocycles. The van der Waals surface area contributed by atoms with Gasteiger partial charge in [0.25, 0.3) is 0 Å². The molecule has 2 aromatic rings. The van der Waals surface area contributed by atoms with Crippen molar-refractivity contribution in [1.82, 2.24) is 9.88 Å². The van der Waals surface area contributed by atoms with Crippen molar-refractivity contribution in [1.29, 1.82) is 0 Å². The fourth-order valence-electron chi connectivity index (χ4n) is 2.60. The van der Waals surface area contributed by atoms with Crippen molar-refractivity contribution in [3.05, 3.63) is 40.7 Å². The van der Waals surface area contributed by atoms with Gasteiger partial charge in [0.2, 0.25) is 5.89 Å². The highest BCUT2D eigenvalue weighted by Gasteiger charge is 2.11. The topological polar surface area (TPSA) is 29.3 Å². The first-order valence-corrected chi connectivity index (χ1v) is 8.03. The van der Waals surface area contributed by atoms with E-state index in [0.29, 0.717) is 5.89 Å². The van der Waals surface area contributed by atoms with Crippen molar-refractivity contribution in [3.8, 4) is 11.5 Å². The molecule has 20 heavy (non-hydrogen) atoms. The molecular formula is C16H19BrN2O. The average molecular weight is 335 g/mol. The van der Waals surface area contributed by atoms with Gasteiger partial charge in [0.15, 0.2) is 0 Å². The summed E-state index contributed by atoms with van der Waals surface area (Å²) < 4.78 is 6.65. The van der Waals surface area contributed by atoms with Crippen LogP contribution >= 0.6 is 15.9 Å². The molecule has 106 valence electrons. The van der Waals surface area contributed by atoms with Gasteiger partial charge in [-0.15, -0.1) is 0 Å². The number of nitrogens with zero attached hydrogens (tertiary/aromatic N) is 2. The van der Waals surface area contributed by atoms with Crippen LogP contribution in [0.25, 0.3) is 11.5 Å². The molecule has 0 bridgehead atoms. The Hall–Kier alpha value is -1.13. The maximum Gasteiger partial charge on any atom is 0.226 e. The lowest BCUT2D eigenvalue weighted by Crippen LogP contribution is -2.31. The third kappa shape index (κ3) is 3.49. The Morgan fingerprint density at radius 3 is 2.60 bits per heavy atom. The molecule has 4 heteroatoms. The molecule has 1 aliphatic rings. The average Bonchev–Trinajstić information content (AvgIpc) is 2.96. The molecule has 0 atom stereocenters. The standard InChI is InChI=1S/C16H19BrN2O/c17-14-6-4-13(5-7-14)16-18-15(12-20-16)8-11-19-9-2-1-3-10-19/h4-7,12H,1-3,8-11H2. The highest BCUT2D eigenvalue weighted by Crippen LogP contribution is 2.21. The van der Waals surface area contributed by atoms with Crippen molar-refractivity contribution in [2.75, 3.05) is 19.6 Å². The van der Waals surface area contributed by atoms with Crippen molar-refractivity contribution in [2.45, 2.75) is 25.7 Å². The fourth-order valence-corrected chi connectivity index (χ4v) is 2.87. The lowest BCUT2D eigenvalue weighted by atomic mass is 10.1. The van der Waals surface area contributed by atoms with E-state index >= 15 is 0 Å². The number of hydrogen-bond acceptors (Lipinski definition) is 3. The Labute approximate surface area is 128 Å². The predicted molar refractivity (Wildman–Crippen MR) is 83.6 cm³/mol. The summed E-state index contributed by atoms with van der Waals surface area (Å²) in [6, 6.07) is 8.05. The summed E-state index contributed by atoms with van der Waals surface area (Å²) >= 11 is 3.44. The van der Waals surface area contributed by atoms with Crippen LogP contribution in [0.2, 0.25) is 0 Å². The number of oxazole rings is 1. The highest BCUT2D eigenvalue weighted by molar-refractivity contribution is 9.10. The summed E-state index contributed by atoms with van der Waals surface area (Å²) in [6.07, 6.45) is 6.82. The SMILES string of the molecule is Brc1ccc(-c2nc(CCN3CCCCC3)co2)cc1. The van der Waals surface area contributed by atoms with Crippen LogP contribution < -0.4 is 0 Å². The van der Waals surface area contributed by atoms with Gasteiger partial charge in [-0.05, 0) is 50.2 Å². The van der Waals surface area contributed by atoms with E-state index in [-0.39, 0.29) is 0 Å². The quantitative estimate of drug-likeness (QED) is 0.841. The van der Waals surface area contributed by atoms with Gasteiger partial charge in [-0.3, -0.25) is 0 Å². The Morgan fingerprint density at radius 1 is 1.10 bits per heavy atom. The molecule has 0 radical (unpaired) electrons. The third-order valence-corrected chi connectivity index (χ3v) is 4.30. The first-order valence-electron chi connectivity index (χ1n) is 7.24. The second-order valence-corrected chi connectivity index (χ2v) is 6.22.